The van der Waals surface area contributed by atoms with Crippen LogP contribution in [0.4, 0.5) is 0 Å². The lowest BCUT2D eigenvalue weighted by atomic mass is 9.76. The molecule has 2 rings (SSSR count). The van der Waals surface area contributed by atoms with Crippen LogP contribution in [0.5, 0.6) is 0 Å². The first-order valence-corrected chi connectivity index (χ1v) is 8.38. The van der Waals surface area contributed by atoms with Crippen LogP contribution in [0, 0.1) is 5.41 Å². The van der Waals surface area contributed by atoms with Crippen molar-refractivity contribution in [2.75, 3.05) is 39.4 Å². The normalized spacial score (nSPS) is 24.4. The van der Waals surface area contributed by atoms with E-state index in [2.05, 4.69) is 0 Å². The molecule has 7 nitrogen and oxygen atoms in total. The van der Waals surface area contributed by atoms with Crippen molar-refractivity contribution in [2.24, 2.45) is 5.41 Å². The Morgan fingerprint density at radius 2 is 1.71 bits per heavy atom. The van der Waals surface area contributed by atoms with Crippen LogP contribution in [0.15, 0.2) is 11.6 Å². The number of ether oxygens (including phenoxy) is 1. The van der Waals surface area contributed by atoms with Crippen LogP contribution in [-0.4, -0.2) is 72.1 Å². The van der Waals surface area contributed by atoms with Crippen molar-refractivity contribution in [3.8, 4) is 0 Å². The van der Waals surface area contributed by atoms with Crippen LogP contribution in [-0.2, 0) is 19.1 Å². The number of carbonyl (C=O) groups is 3. The molecule has 0 aromatic heterocycles. The monoisotopic (exact) mass is 338 g/mol. The van der Waals surface area contributed by atoms with E-state index in [-0.39, 0.29) is 6.54 Å². The summed E-state index contributed by atoms with van der Waals surface area (Å²) in [6, 6.07) is 0. The van der Waals surface area contributed by atoms with Gasteiger partial charge in [0.1, 0.15) is 0 Å². The summed E-state index contributed by atoms with van der Waals surface area (Å²) in [5.74, 6) is -2.06. The third-order valence-electron chi connectivity index (χ3n) is 4.70. The van der Waals surface area contributed by atoms with Gasteiger partial charge in [-0.3, -0.25) is 14.4 Å². The molecule has 2 heterocycles. The maximum Gasteiger partial charge on any atom is 0.312 e. The summed E-state index contributed by atoms with van der Waals surface area (Å²) in [6.07, 6.45) is 3.37. The van der Waals surface area contributed by atoms with Gasteiger partial charge in [-0.1, -0.05) is 11.6 Å². The molecule has 2 aliphatic heterocycles. The van der Waals surface area contributed by atoms with Crippen LogP contribution in [0.3, 0.4) is 0 Å². The molecule has 0 aliphatic carbocycles. The molecule has 2 aliphatic rings. The number of aliphatic carboxylic acids is 1. The molecule has 0 saturated carbocycles. The summed E-state index contributed by atoms with van der Waals surface area (Å²) in [6.45, 7) is 6.02. The quantitative estimate of drug-likeness (QED) is 0.610. The topological polar surface area (TPSA) is 87.2 Å². The number of piperidine rings is 1. The number of morpholine rings is 1. The van der Waals surface area contributed by atoms with Crippen molar-refractivity contribution in [1.82, 2.24) is 9.80 Å². The van der Waals surface area contributed by atoms with Crippen molar-refractivity contribution in [2.45, 2.75) is 33.1 Å². The van der Waals surface area contributed by atoms with E-state index in [1.807, 2.05) is 19.9 Å². The van der Waals surface area contributed by atoms with Gasteiger partial charge < -0.3 is 19.6 Å². The zero-order valence-corrected chi connectivity index (χ0v) is 14.4. The van der Waals surface area contributed by atoms with Crippen LogP contribution in [0.1, 0.15) is 33.1 Å². The standard InChI is InChI=1S/C17H26N2O5/c1-13(2)4-6-17(16(22)23)5-3-7-19(12-17)15(21)14(20)18-8-10-24-11-9-18/h4H,3,5-12H2,1-2H3,(H,22,23)/t17-/m0/s1. The van der Waals surface area contributed by atoms with Crippen LogP contribution in [0.25, 0.3) is 0 Å². The Morgan fingerprint density at radius 1 is 1.08 bits per heavy atom. The summed E-state index contributed by atoms with van der Waals surface area (Å²) in [7, 11) is 0. The van der Waals surface area contributed by atoms with Crippen molar-refractivity contribution in [3.63, 3.8) is 0 Å². The van der Waals surface area contributed by atoms with Crippen molar-refractivity contribution in [1.29, 1.82) is 0 Å². The summed E-state index contributed by atoms with van der Waals surface area (Å²) < 4.78 is 5.19. The third kappa shape index (κ3) is 4.14. The molecule has 0 aromatic carbocycles. The Hall–Kier alpha value is -1.89. The summed E-state index contributed by atoms with van der Waals surface area (Å²) in [5, 5.41) is 9.71. The molecule has 0 radical (unpaired) electrons. The summed E-state index contributed by atoms with van der Waals surface area (Å²) in [5.41, 5.74) is 0.0414. The van der Waals surface area contributed by atoms with E-state index in [1.54, 1.807) is 0 Å². The molecule has 1 N–H and O–H groups in total. The Kier molecular flexibility index (Phi) is 5.99. The number of hydrogen-bond donors (Lipinski definition) is 1. The number of carbonyl (C=O) groups excluding carboxylic acids is 2. The highest BCUT2D eigenvalue weighted by Crippen LogP contribution is 2.35. The van der Waals surface area contributed by atoms with E-state index in [4.69, 9.17) is 4.74 Å². The Balaban J connectivity index is 2.09. The molecule has 2 amide bonds. The predicted molar refractivity (Wildman–Crippen MR) is 87.3 cm³/mol. The molecule has 7 heteroatoms. The summed E-state index contributed by atoms with van der Waals surface area (Å²) in [4.78, 5) is 39.6. The largest absolute Gasteiger partial charge is 0.481 e. The van der Waals surface area contributed by atoms with E-state index in [0.717, 1.165) is 5.57 Å². The number of allylic oxidation sites excluding steroid dienone is 2. The van der Waals surface area contributed by atoms with E-state index >= 15 is 0 Å². The average Bonchev–Trinajstić information content (AvgIpc) is 2.59. The minimum atomic E-state index is -1.00. The van der Waals surface area contributed by atoms with Crippen LogP contribution >= 0.6 is 0 Å². The molecule has 2 saturated heterocycles. The van der Waals surface area contributed by atoms with Gasteiger partial charge in [-0.05, 0) is 33.1 Å². The third-order valence-corrected chi connectivity index (χ3v) is 4.70. The molecular formula is C17H26N2O5. The van der Waals surface area contributed by atoms with E-state index in [0.29, 0.717) is 52.1 Å². The minimum absolute atomic E-state index is 0.0844. The zero-order chi connectivity index (χ0) is 17.7. The maximum absolute atomic E-state index is 12.5. The molecular weight excluding hydrogens is 312 g/mol. The minimum Gasteiger partial charge on any atom is -0.481 e. The fourth-order valence-electron chi connectivity index (χ4n) is 3.17. The van der Waals surface area contributed by atoms with Gasteiger partial charge in [0.15, 0.2) is 0 Å². The lowest BCUT2D eigenvalue weighted by Gasteiger charge is -2.40. The number of rotatable bonds is 3. The van der Waals surface area contributed by atoms with E-state index in [9.17, 15) is 19.5 Å². The molecule has 0 bridgehead atoms. The van der Waals surface area contributed by atoms with Crippen molar-refractivity contribution >= 4 is 17.8 Å². The molecule has 0 aromatic rings. The number of likely N-dealkylation sites (tertiary alicyclic amines) is 1. The second kappa shape index (κ2) is 7.79. The highest BCUT2D eigenvalue weighted by Gasteiger charge is 2.44. The maximum atomic E-state index is 12.5. The molecule has 24 heavy (non-hydrogen) atoms. The second-order valence-electron chi connectivity index (χ2n) is 6.81. The lowest BCUT2D eigenvalue weighted by Crippen LogP contribution is -2.55. The molecule has 134 valence electrons. The predicted octanol–water partition coefficient (Wildman–Crippen LogP) is 0.895. The first-order chi connectivity index (χ1) is 11.4. The SMILES string of the molecule is CC(C)=CC[C@@]1(C(=O)O)CCCN(C(=O)C(=O)N2CCOCC2)C1. The first-order valence-electron chi connectivity index (χ1n) is 8.38. The Morgan fingerprint density at radius 3 is 2.29 bits per heavy atom. The van der Waals surface area contributed by atoms with Gasteiger partial charge in [0, 0.05) is 26.2 Å². The molecule has 0 unspecified atom stereocenters. The number of nitrogens with zero attached hydrogens (tertiary/aromatic N) is 2. The highest BCUT2D eigenvalue weighted by atomic mass is 16.5. The number of carboxylic acids is 1. The van der Waals surface area contributed by atoms with Gasteiger partial charge in [0.05, 0.1) is 18.6 Å². The van der Waals surface area contributed by atoms with Gasteiger partial charge in [-0.15, -0.1) is 0 Å². The van der Waals surface area contributed by atoms with Gasteiger partial charge in [-0.2, -0.15) is 0 Å². The lowest BCUT2D eigenvalue weighted by molar-refractivity contribution is -0.161. The number of hydrogen-bond acceptors (Lipinski definition) is 4. The number of carboxylic acid groups (broad SMARTS) is 1. The average molecular weight is 338 g/mol. The van der Waals surface area contributed by atoms with Crippen LogP contribution < -0.4 is 0 Å². The fourth-order valence-corrected chi connectivity index (χ4v) is 3.17. The van der Waals surface area contributed by atoms with Gasteiger partial charge in [0.25, 0.3) is 0 Å². The molecule has 2 fully saturated rings. The zero-order valence-electron chi connectivity index (χ0n) is 14.4. The van der Waals surface area contributed by atoms with Gasteiger partial charge >= 0.3 is 17.8 Å². The Labute approximate surface area is 142 Å². The van der Waals surface area contributed by atoms with Gasteiger partial charge in [-0.25, -0.2) is 0 Å². The van der Waals surface area contributed by atoms with Crippen LogP contribution in [0.2, 0.25) is 0 Å². The second-order valence-corrected chi connectivity index (χ2v) is 6.81. The van der Waals surface area contributed by atoms with E-state index < -0.39 is 23.2 Å². The number of amides is 2. The first kappa shape index (κ1) is 18.4. The van der Waals surface area contributed by atoms with E-state index in [1.165, 1.54) is 9.80 Å². The van der Waals surface area contributed by atoms with Crippen molar-refractivity contribution < 1.29 is 24.2 Å². The van der Waals surface area contributed by atoms with Gasteiger partial charge in [0.2, 0.25) is 0 Å². The highest BCUT2D eigenvalue weighted by molar-refractivity contribution is 6.35. The summed E-state index contributed by atoms with van der Waals surface area (Å²) >= 11 is 0. The van der Waals surface area contributed by atoms with Crippen molar-refractivity contribution in [3.05, 3.63) is 11.6 Å². The smallest absolute Gasteiger partial charge is 0.312 e. The fraction of sp³-hybridized carbons (Fsp3) is 0.706. The molecule has 1 atom stereocenters. The molecule has 0 spiro atoms. The Bertz CT molecular complexity index is 535.